The van der Waals surface area contributed by atoms with Crippen LogP contribution in [0.25, 0.3) is 0 Å². The highest BCUT2D eigenvalue weighted by molar-refractivity contribution is 7.99. The monoisotopic (exact) mass is 450 g/mol. The summed E-state index contributed by atoms with van der Waals surface area (Å²) in [6.45, 7) is 1.82. The van der Waals surface area contributed by atoms with E-state index in [2.05, 4.69) is 28.7 Å². The molecule has 0 saturated heterocycles. The summed E-state index contributed by atoms with van der Waals surface area (Å²) < 4.78 is 0. The van der Waals surface area contributed by atoms with E-state index in [4.69, 9.17) is 11.6 Å². The molecule has 0 unspecified atom stereocenters. The van der Waals surface area contributed by atoms with Crippen molar-refractivity contribution in [3.8, 4) is 29.4 Å². The largest absolute Gasteiger partial charge is 0.290 e. The van der Waals surface area contributed by atoms with Crippen LogP contribution in [0.3, 0.4) is 0 Å². The smallest absolute Gasteiger partial charge is 0.181 e. The third kappa shape index (κ3) is 5.96. The Bertz CT molecular complexity index is 1370. The Balaban J connectivity index is 1.70. The molecule has 0 saturated carbocycles. The van der Waals surface area contributed by atoms with Crippen LogP contribution in [-0.2, 0) is 5.11 Å². The van der Waals surface area contributed by atoms with Gasteiger partial charge in [-0.3, -0.25) is 5.11 Å². The van der Waals surface area contributed by atoms with Gasteiger partial charge in [0, 0.05) is 37.7 Å². The van der Waals surface area contributed by atoms with Gasteiger partial charge in [0.2, 0.25) is 0 Å². The van der Waals surface area contributed by atoms with E-state index in [-0.39, 0.29) is 5.75 Å². The number of hydrogen-bond acceptors (Lipinski definition) is 2. The van der Waals surface area contributed by atoms with E-state index in [0.717, 1.165) is 32.0 Å². The van der Waals surface area contributed by atoms with Crippen LogP contribution < -0.4 is 0 Å². The van der Waals surface area contributed by atoms with Gasteiger partial charge in [-0.15, -0.1) is 0 Å². The van der Waals surface area contributed by atoms with Gasteiger partial charge in [0.25, 0.3) is 0 Å². The lowest BCUT2D eigenvalue weighted by Gasteiger charge is -2.05. The van der Waals surface area contributed by atoms with Gasteiger partial charge in [-0.25, -0.2) is 4.98 Å². The minimum Gasteiger partial charge on any atom is -0.290 e. The van der Waals surface area contributed by atoms with Gasteiger partial charge < -0.3 is 0 Å². The van der Waals surface area contributed by atoms with Gasteiger partial charge in [0.15, 0.2) is 5.75 Å². The van der Waals surface area contributed by atoms with Gasteiger partial charge >= 0.3 is 0 Å². The van der Waals surface area contributed by atoms with Crippen LogP contribution in [0, 0.1) is 30.6 Å². The number of aromatic nitrogens is 1. The Labute approximate surface area is 197 Å². The molecular weight excluding hydrogens is 434 g/mol. The number of halogens is 1. The molecule has 1 radical (unpaired) electrons. The fraction of sp³-hybridized carbons (Fsp3) is 0.0357. The SMILES string of the molecule is Cc1cc(Sc2cc(C#Cc3ccc(Cl)cc3)cc(C#Cc3ccccn3)c2)ccc1[O]. The summed E-state index contributed by atoms with van der Waals surface area (Å²) in [5.41, 5.74) is 4.02. The average molecular weight is 451 g/mol. The van der Waals surface area contributed by atoms with Gasteiger partial charge in [0.05, 0.1) is 0 Å². The van der Waals surface area contributed by atoms with Gasteiger partial charge in [-0.05, 0) is 91.2 Å². The third-order valence-electron chi connectivity index (χ3n) is 4.48. The predicted molar refractivity (Wildman–Crippen MR) is 130 cm³/mol. The molecule has 4 rings (SSSR count). The van der Waals surface area contributed by atoms with Gasteiger partial charge in [-0.2, -0.15) is 0 Å². The topological polar surface area (TPSA) is 32.8 Å². The molecule has 1 heterocycles. The molecule has 4 aromatic rings. The van der Waals surface area contributed by atoms with Crippen molar-refractivity contribution in [2.75, 3.05) is 0 Å². The summed E-state index contributed by atoms with van der Waals surface area (Å²) in [5.74, 6) is 12.7. The molecule has 0 aliphatic carbocycles. The summed E-state index contributed by atoms with van der Waals surface area (Å²) in [6, 6.07) is 24.4. The van der Waals surface area contributed by atoms with E-state index in [1.165, 1.54) is 0 Å². The third-order valence-corrected chi connectivity index (χ3v) is 5.70. The van der Waals surface area contributed by atoms with Crippen molar-refractivity contribution >= 4 is 23.4 Å². The minimum atomic E-state index is 0.0406. The van der Waals surface area contributed by atoms with Crippen molar-refractivity contribution in [3.05, 3.63) is 118 Å². The fourth-order valence-corrected chi connectivity index (χ4v) is 4.02. The predicted octanol–water partition coefficient (Wildman–Crippen LogP) is 7.14. The normalized spacial score (nSPS) is 9.94. The first-order chi connectivity index (χ1) is 15.5. The van der Waals surface area contributed by atoms with E-state index in [0.29, 0.717) is 10.7 Å². The van der Waals surface area contributed by atoms with E-state index in [1.54, 1.807) is 24.0 Å². The second kappa shape index (κ2) is 10.1. The molecule has 0 N–H and O–H groups in total. The molecule has 0 aliphatic heterocycles. The summed E-state index contributed by atoms with van der Waals surface area (Å²) in [5, 5.41) is 12.4. The molecular formula is C28H17ClNOS. The Morgan fingerprint density at radius 3 is 2.16 bits per heavy atom. The zero-order valence-electron chi connectivity index (χ0n) is 17.2. The first kappa shape index (κ1) is 21.6. The van der Waals surface area contributed by atoms with Gasteiger partial charge in [-0.1, -0.05) is 47.2 Å². The summed E-state index contributed by atoms with van der Waals surface area (Å²) in [4.78, 5) is 6.25. The van der Waals surface area contributed by atoms with Crippen molar-refractivity contribution < 1.29 is 5.11 Å². The maximum Gasteiger partial charge on any atom is 0.181 e. The zero-order valence-corrected chi connectivity index (χ0v) is 18.8. The summed E-state index contributed by atoms with van der Waals surface area (Å²) in [6.07, 6.45) is 1.72. The summed E-state index contributed by atoms with van der Waals surface area (Å²) >= 11 is 7.54. The highest BCUT2D eigenvalue weighted by atomic mass is 35.5. The van der Waals surface area contributed by atoms with Crippen LogP contribution in [0.5, 0.6) is 5.75 Å². The lowest BCUT2D eigenvalue weighted by molar-refractivity contribution is 0.351. The number of hydrogen-bond donors (Lipinski definition) is 0. The molecule has 2 nitrogen and oxygen atoms in total. The summed E-state index contributed by atoms with van der Waals surface area (Å²) in [7, 11) is 0. The second-order valence-corrected chi connectivity index (χ2v) is 8.58. The Kier molecular flexibility index (Phi) is 6.83. The van der Waals surface area contributed by atoms with E-state index < -0.39 is 0 Å². The number of aryl methyl sites for hydroxylation is 1. The fourth-order valence-electron chi connectivity index (χ4n) is 2.87. The molecule has 0 atom stereocenters. The molecule has 0 spiro atoms. The molecule has 32 heavy (non-hydrogen) atoms. The second-order valence-electron chi connectivity index (χ2n) is 7.00. The maximum absolute atomic E-state index is 11.7. The highest BCUT2D eigenvalue weighted by Gasteiger charge is 2.05. The first-order valence-corrected chi connectivity index (χ1v) is 11.1. The van der Waals surface area contributed by atoms with E-state index in [1.807, 2.05) is 79.7 Å². The molecule has 0 aliphatic rings. The van der Waals surface area contributed by atoms with E-state index >= 15 is 0 Å². The van der Waals surface area contributed by atoms with Crippen LogP contribution in [0.4, 0.5) is 0 Å². The average Bonchev–Trinajstić information content (AvgIpc) is 2.80. The Hall–Kier alpha value is -3.63. The number of benzene rings is 3. The first-order valence-electron chi connectivity index (χ1n) is 9.86. The van der Waals surface area contributed by atoms with Crippen LogP contribution in [0.1, 0.15) is 27.9 Å². The number of pyridine rings is 1. The molecule has 0 fully saturated rings. The molecule has 1 aromatic heterocycles. The van der Waals surface area contributed by atoms with Crippen molar-refractivity contribution in [1.29, 1.82) is 0 Å². The zero-order chi connectivity index (χ0) is 22.3. The van der Waals surface area contributed by atoms with Crippen LogP contribution >= 0.6 is 23.4 Å². The number of nitrogens with zero attached hydrogens (tertiary/aromatic N) is 1. The van der Waals surface area contributed by atoms with Crippen molar-refractivity contribution in [3.63, 3.8) is 0 Å². The minimum absolute atomic E-state index is 0.0406. The molecule has 0 bridgehead atoms. The Morgan fingerprint density at radius 1 is 0.750 bits per heavy atom. The molecule has 4 heteroatoms. The van der Waals surface area contributed by atoms with Crippen LogP contribution in [0.2, 0.25) is 5.02 Å². The van der Waals surface area contributed by atoms with Gasteiger partial charge in [0.1, 0.15) is 5.69 Å². The standard InChI is InChI=1S/C28H17ClNOS/c1-20-16-26(13-14-28(20)31)32-27-18-22(6-5-21-7-10-24(29)11-8-21)17-23(19-27)9-12-25-4-2-3-15-30-25/h2-4,7-8,10-11,13-19H,1H3. The molecule has 3 aromatic carbocycles. The van der Waals surface area contributed by atoms with Crippen molar-refractivity contribution in [2.45, 2.75) is 16.7 Å². The lowest BCUT2D eigenvalue weighted by Crippen LogP contribution is -1.85. The maximum atomic E-state index is 11.7. The van der Waals surface area contributed by atoms with E-state index in [9.17, 15) is 5.11 Å². The lowest BCUT2D eigenvalue weighted by atomic mass is 10.1. The highest BCUT2D eigenvalue weighted by Crippen LogP contribution is 2.32. The quantitative estimate of drug-likeness (QED) is 0.304. The molecule has 0 amide bonds. The van der Waals surface area contributed by atoms with Crippen LogP contribution in [0.15, 0.2) is 94.9 Å². The van der Waals surface area contributed by atoms with Crippen molar-refractivity contribution in [1.82, 2.24) is 4.98 Å². The Morgan fingerprint density at radius 2 is 1.47 bits per heavy atom. The molecule has 153 valence electrons. The van der Waals surface area contributed by atoms with Crippen molar-refractivity contribution in [2.24, 2.45) is 0 Å². The number of rotatable bonds is 2. The van der Waals surface area contributed by atoms with Crippen LogP contribution in [-0.4, -0.2) is 4.98 Å².